The van der Waals surface area contributed by atoms with Crippen molar-refractivity contribution in [1.82, 2.24) is 4.98 Å². The second-order valence-electron chi connectivity index (χ2n) is 5.21. The Balaban J connectivity index is 2.41. The first-order valence-electron chi connectivity index (χ1n) is 7.03. The minimum absolute atomic E-state index is 0.110. The van der Waals surface area contributed by atoms with Gasteiger partial charge in [-0.1, -0.05) is 30.3 Å². The van der Waals surface area contributed by atoms with Crippen molar-refractivity contribution in [3.05, 3.63) is 59.8 Å². The van der Waals surface area contributed by atoms with E-state index in [2.05, 4.69) is 4.98 Å². The standard InChI is InChI=1S/C18H14F3NO/c1-11-14-10-13(23-2)8-9-15(14)22-17(18(19,20)21)16(11)12-6-4-3-5-7-12/h3-10H,1-2H3. The molecule has 3 rings (SSSR count). The van der Waals surface area contributed by atoms with Gasteiger partial charge in [0.05, 0.1) is 12.6 Å². The van der Waals surface area contributed by atoms with Crippen LogP contribution < -0.4 is 4.74 Å². The molecule has 0 aliphatic carbocycles. The zero-order valence-electron chi connectivity index (χ0n) is 12.6. The molecule has 0 radical (unpaired) electrons. The lowest BCUT2D eigenvalue weighted by atomic mass is 9.95. The summed E-state index contributed by atoms with van der Waals surface area (Å²) >= 11 is 0. The summed E-state index contributed by atoms with van der Waals surface area (Å²) in [6.45, 7) is 1.68. The first-order valence-corrected chi connectivity index (χ1v) is 7.03. The third-order valence-corrected chi connectivity index (χ3v) is 3.78. The van der Waals surface area contributed by atoms with Crippen LogP contribution in [0.15, 0.2) is 48.5 Å². The van der Waals surface area contributed by atoms with E-state index in [1.54, 1.807) is 55.5 Å². The monoisotopic (exact) mass is 317 g/mol. The predicted molar refractivity (Wildman–Crippen MR) is 83.5 cm³/mol. The zero-order valence-corrected chi connectivity index (χ0v) is 12.6. The fourth-order valence-corrected chi connectivity index (χ4v) is 2.69. The van der Waals surface area contributed by atoms with Crippen LogP contribution in [0, 0.1) is 6.92 Å². The Hall–Kier alpha value is -2.56. The number of methoxy groups -OCH3 is 1. The molecular weight excluding hydrogens is 303 g/mol. The van der Waals surface area contributed by atoms with E-state index in [1.807, 2.05) is 0 Å². The lowest BCUT2D eigenvalue weighted by Gasteiger charge is -2.17. The van der Waals surface area contributed by atoms with Gasteiger partial charge in [-0.05, 0) is 36.2 Å². The molecule has 2 nitrogen and oxygen atoms in total. The average Bonchev–Trinajstić information content (AvgIpc) is 2.54. The lowest BCUT2D eigenvalue weighted by Crippen LogP contribution is -2.12. The van der Waals surface area contributed by atoms with Crippen molar-refractivity contribution in [1.29, 1.82) is 0 Å². The van der Waals surface area contributed by atoms with Crippen LogP contribution >= 0.6 is 0 Å². The first kappa shape index (κ1) is 15.3. The molecule has 118 valence electrons. The van der Waals surface area contributed by atoms with Crippen molar-refractivity contribution >= 4 is 10.9 Å². The molecule has 2 aromatic carbocycles. The number of hydrogen-bond acceptors (Lipinski definition) is 2. The van der Waals surface area contributed by atoms with E-state index in [4.69, 9.17) is 4.74 Å². The van der Waals surface area contributed by atoms with E-state index < -0.39 is 11.9 Å². The molecule has 0 atom stereocenters. The second kappa shape index (κ2) is 5.57. The van der Waals surface area contributed by atoms with Crippen LogP contribution in [0.2, 0.25) is 0 Å². The van der Waals surface area contributed by atoms with E-state index in [9.17, 15) is 13.2 Å². The molecule has 0 N–H and O–H groups in total. The van der Waals surface area contributed by atoms with Gasteiger partial charge in [0, 0.05) is 10.9 Å². The van der Waals surface area contributed by atoms with Crippen LogP contribution in [-0.2, 0) is 6.18 Å². The molecule has 0 bridgehead atoms. The van der Waals surface area contributed by atoms with Gasteiger partial charge in [-0.25, -0.2) is 4.98 Å². The number of benzene rings is 2. The summed E-state index contributed by atoms with van der Waals surface area (Å²) in [4.78, 5) is 3.88. The van der Waals surface area contributed by atoms with Gasteiger partial charge >= 0.3 is 6.18 Å². The van der Waals surface area contributed by atoms with Gasteiger partial charge in [-0.15, -0.1) is 0 Å². The number of aromatic nitrogens is 1. The molecule has 3 aromatic rings. The highest BCUT2D eigenvalue weighted by molar-refractivity contribution is 5.90. The Kier molecular flexibility index (Phi) is 3.72. The van der Waals surface area contributed by atoms with Gasteiger partial charge < -0.3 is 4.74 Å². The molecule has 1 heterocycles. The molecular formula is C18H14F3NO. The van der Waals surface area contributed by atoms with E-state index >= 15 is 0 Å². The maximum absolute atomic E-state index is 13.5. The maximum Gasteiger partial charge on any atom is 0.433 e. The van der Waals surface area contributed by atoms with Crippen LogP contribution in [0.1, 0.15) is 11.3 Å². The van der Waals surface area contributed by atoms with Crippen molar-refractivity contribution in [3.8, 4) is 16.9 Å². The average molecular weight is 317 g/mol. The van der Waals surface area contributed by atoms with Crippen LogP contribution in [0.4, 0.5) is 13.2 Å². The van der Waals surface area contributed by atoms with Crippen molar-refractivity contribution in [2.24, 2.45) is 0 Å². The summed E-state index contributed by atoms with van der Waals surface area (Å²) in [6, 6.07) is 13.4. The zero-order chi connectivity index (χ0) is 16.6. The van der Waals surface area contributed by atoms with Crippen molar-refractivity contribution in [2.45, 2.75) is 13.1 Å². The molecule has 23 heavy (non-hydrogen) atoms. The Morgan fingerprint density at radius 2 is 1.70 bits per heavy atom. The summed E-state index contributed by atoms with van der Waals surface area (Å²) in [6.07, 6.45) is -4.52. The summed E-state index contributed by atoms with van der Waals surface area (Å²) in [5.74, 6) is 0.584. The van der Waals surface area contributed by atoms with E-state index in [0.717, 1.165) is 0 Å². The molecule has 0 saturated heterocycles. The van der Waals surface area contributed by atoms with Crippen LogP contribution in [-0.4, -0.2) is 12.1 Å². The van der Waals surface area contributed by atoms with Gasteiger partial charge in [0.1, 0.15) is 5.75 Å². The highest BCUT2D eigenvalue weighted by atomic mass is 19.4. The third-order valence-electron chi connectivity index (χ3n) is 3.78. The Labute approximate surface area is 131 Å². The van der Waals surface area contributed by atoms with Crippen LogP contribution in [0.3, 0.4) is 0 Å². The van der Waals surface area contributed by atoms with Crippen molar-refractivity contribution in [3.63, 3.8) is 0 Å². The number of ether oxygens (including phenoxy) is 1. The Morgan fingerprint density at radius 1 is 1.00 bits per heavy atom. The van der Waals surface area contributed by atoms with E-state index in [-0.39, 0.29) is 5.56 Å². The van der Waals surface area contributed by atoms with Gasteiger partial charge in [0.25, 0.3) is 0 Å². The van der Waals surface area contributed by atoms with Crippen LogP contribution in [0.5, 0.6) is 5.75 Å². The number of aryl methyl sites for hydroxylation is 1. The number of alkyl halides is 3. The normalized spacial score (nSPS) is 11.7. The number of nitrogens with zero attached hydrogens (tertiary/aromatic N) is 1. The lowest BCUT2D eigenvalue weighted by molar-refractivity contribution is -0.140. The quantitative estimate of drug-likeness (QED) is 0.645. The van der Waals surface area contributed by atoms with Gasteiger partial charge in [-0.3, -0.25) is 0 Å². The maximum atomic E-state index is 13.5. The molecule has 0 spiro atoms. The number of hydrogen-bond donors (Lipinski definition) is 0. The summed E-state index contributed by atoms with van der Waals surface area (Å²) in [7, 11) is 1.52. The molecule has 0 amide bonds. The molecule has 1 aromatic heterocycles. The first-order chi connectivity index (χ1) is 10.9. The second-order valence-corrected chi connectivity index (χ2v) is 5.21. The summed E-state index contributed by atoms with van der Waals surface area (Å²) in [5, 5.41) is 0.649. The predicted octanol–water partition coefficient (Wildman–Crippen LogP) is 5.24. The summed E-state index contributed by atoms with van der Waals surface area (Å²) in [5.41, 5.74) is 0.579. The molecule has 0 aliphatic rings. The van der Waals surface area contributed by atoms with Crippen molar-refractivity contribution in [2.75, 3.05) is 7.11 Å². The number of fused-ring (bicyclic) bond motifs is 1. The largest absolute Gasteiger partial charge is 0.497 e. The minimum atomic E-state index is -4.52. The number of pyridine rings is 1. The van der Waals surface area contributed by atoms with Crippen molar-refractivity contribution < 1.29 is 17.9 Å². The van der Waals surface area contributed by atoms with Gasteiger partial charge in [0.15, 0.2) is 5.69 Å². The third kappa shape index (κ3) is 2.74. The molecule has 0 saturated carbocycles. The Bertz CT molecular complexity index is 858. The topological polar surface area (TPSA) is 22.1 Å². The minimum Gasteiger partial charge on any atom is -0.497 e. The number of halogens is 3. The van der Waals surface area contributed by atoms with Crippen LogP contribution in [0.25, 0.3) is 22.0 Å². The molecule has 0 aliphatic heterocycles. The number of rotatable bonds is 2. The fourth-order valence-electron chi connectivity index (χ4n) is 2.69. The van der Waals surface area contributed by atoms with Gasteiger partial charge in [-0.2, -0.15) is 13.2 Å². The highest BCUT2D eigenvalue weighted by Gasteiger charge is 2.37. The summed E-state index contributed by atoms with van der Waals surface area (Å²) < 4.78 is 45.7. The molecule has 0 fully saturated rings. The Morgan fingerprint density at radius 3 is 2.30 bits per heavy atom. The highest BCUT2D eigenvalue weighted by Crippen LogP contribution is 2.40. The smallest absolute Gasteiger partial charge is 0.433 e. The van der Waals surface area contributed by atoms with E-state index in [1.165, 1.54) is 7.11 Å². The van der Waals surface area contributed by atoms with Gasteiger partial charge in [0.2, 0.25) is 0 Å². The SMILES string of the molecule is COc1ccc2nc(C(F)(F)F)c(-c3ccccc3)c(C)c2c1. The van der Waals surface area contributed by atoms with E-state index in [0.29, 0.717) is 27.8 Å². The fraction of sp³-hybridized carbons (Fsp3) is 0.167. The molecule has 0 unspecified atom stereocenters. The molecule has 5 heteroatoms.